The minimum Gasteiger partial charge on any atom is -0.479 e. The lowest BCUT2D eigenvalue weighted by molar-refractivity contribution is 0.366. The van der Waals surface area contributed by atoms with Gasteiger partial charge in [-0.1, -0.05) is 30.3 Å². The summed E-state index contributed by atoms with van der Waals surface area (Å²) in [6.07, 6.45) is 0. The summed E-state index contributed by atoms with van der Waals surface area (Å²) in [6, 6.07) is 9.39. The highest BCUT2D eigenvalue weighted by Gasteiger charge is 2.12. The van der Waals surface area contributed by atoms with Crippen molar-refractivity contribution in [3.63, 3.8) is 0 Å². The Morgan fingerprint density at radius 3 is 2.44 bits per heavy atom. The maximum Gasteiger partial charge on any atom is 0.254 e. The Bertz CT molecular complexity index is 500. The van der Waals surface area contributed by atoms with Gasteiger partial charge in [-0.2, -0.15) is 9.37 Å². The van der Waals surface area contributed by atoms with Crippen LogP contribution in [0.25, 0.3) is 11.4 Å². The summed E-state index contributed by atoms with van der Waals surface area (Å²) in [5.74, 6) is -0.0649. The molecular weight excluding hydrogens is 207 g/mol. The van der Waals surface area contributed by atoms with E-state index >= 15 is 0 Å². The lowest BCUT2D eigenvalue weighted by atomic mass is 10.2. The van der Waals surface area contributed by atoms with Gasteiger partial charge < -0.3 is 4.74 Å². The first kappa shape index (κ1) is 10.5. The van der Waals surface area contributed by atoms with Gasteiger partial charge in [0.25, 0.3) is 5.88 Å². The molecular formula is C12H11FN2O. The van der Waals surface area contributed by atoms with Crippen molar-refractivity contribution < 1.29 is 9.13 Å². The second-order valence-electron chi connectivity index (χ2n) is 3.32. The molecule has 0 aliphatic carbocycles. The first-order valence-corrected chi connectivity index (χ1v) is 4.86. The van der Waals surface area contributed by atoms with Gasteiger partial charge in [-0.3, -0.25) is 0 Å². The lowest BCUT2D eigenvalue weighted by Gasteiger charge is -2.06. The first-order valence-electron chi connectivity index (χ1n) is 4.86. The second kappa shape index (κ2) is 4.26. The van der Waals surface area contributed by atoms with Crippen molar-refractivity contribution in [2.75, 3.05) is 7.11 Å². The van der Waals surface area contributed by atoms with Crippen molar-refractivity contribution in [2.24, 2.45) is 0 Å². The number of benzene rings is 1. The van der Waals surface area contributed by atoms with Gasteiger partial charge in [-0.05, 0) is 6.92 Å². The third kappa shape index (κ3) is 1.86. The Labute approximate surface area is 92.9 Å². The number of methoxy groups -OCH3 is 1. The number of hydrogen-bond acceptors (Lipinski definition) is 3. The predicted octanol–water partition coefficient (Wildman–Crippen LogP) is 2.60. The molecule has 0 fully saturated rings. The summed E-state index contributed by atoms with van der Waals surface area (Å²) >= 11 is 0. The second-order valence-corrected chi connectivity index (χ2v) is 3.32. The van der Waals surface area contributed by atoms with E-state index in [4.69, 9.17) is 4.74 Å². The summed E-state index contributed by atoms with van der Waals surface area (Å²) in [4.78, 5) is 8.10. The van der Waals surface area contributed by atoms with Gasteiger partial charge >= 0.3 is 0 Å². The van der Waals surface area contributed by atoms with Crippen molar-refractivity contribution in [1.29, 1.82) is 0 Å². The fourth-order valence-corrected chi connectivity index (χ4v) is 1.38. The summed E-state index contributed by atoms with van der Waals surface area (Å²) < 4.78 is 18.3. The molecule has 0 aliphatic rings. The summed E-state index contributed by atoms with van der Waals surface area (Å²) in [5, 5.41) is 0. The molecule has 4 heteroatoms. The highest BCUT2D eigenvalue weighted by Crippen LogP contribution is 2.21. The van der Waals surface area contributed by atoms with E-state index in [9.17, 15) is 4.39 Å². The molecule has 0 N–H and O–H groups in total. The van der Waals surface area contributed by atoms with Gasteiger partial charge in [0.05, 0.1) is 12.8 Å². The maximum atomic E-state index is 13.4. The van der Waals surface area contributed by atoms with E-state index in [2.05, 4.69) is 9.97 Å². The highest BCUT2D eigenvalue weighted by molar-refractivity contribution is 5.55. The molecule has 0 aliphatic heterocycles. The Balaban J connectivity index is 2.55. The quantitative estimate of drug-likeness (QED) is 0.777. The zero-order valence-corrected chi connectivity index (χ0v) is 9.07. The van der Waals surface area contributed by atoms with Crippen LogP contribution in [0.1, 0.15) is 5.69 Å². The third-order valence-corrected chi connectivity index (χ3v) is 2.21. The van der Waals surface area contributed by atoms with Crippen LogP contribution in [-0.4, -0.2) is 17.1 Å². The number of halogens is 1. The van der Waals surface area contributed by atoms with Crippen LogP contribution >= 0.6 is 0 Å². The molecule has 1 aromatic heterocycles. The van der Waals surface area contributed by atoms with Crippen LogP contribution in [0.2, 0.25) is 0 Å². The smallest absolute Gasteiger partial charge is 0.254 e. The van der Waals surface area contributed by atoms with Crippen molar-refractivity contribution in [2.45, 2.75) is 6.92 Å². The normalized spacial score (nSPS) is 10.2. The zero-order valence-electron chi connectivity index (χ0n) is 9.07. The van der Waals surface area contributed by atoms with Crippen LogP contribution in [0.15, 0.2) is 30.3 Å². The van der Waals surface area contributed by atoms with Gasteiger partial charge in [0.1, 0.15) is 0 Å². The average Bonchev–Trinajstić information content (AvgIpc) is 2.33. The van der Waals surface area contributed by atoms with E-state index < -0.39 is 5.82 Å². The minimum atomic E-state index is -0.512. The molecule has 1 aromatic carbocycles. The topological polar surface area (TPSA) is 35.0 Å². The molecule has 0 atom stereocenters. The number of nitrogens with zero attached hydrogens (tertiary/aromatic N) is 2. The molecule has 0 spiro atoms. The van der Waals surface area contributed by atoms with Crippen LogP contribution in [0.4, 0.5) is 4.39 Å². The highest BCUT2D eigenvalue weighted by atomic mass is 19.1. The predicted molar refractivity (Wildman–Crippen MR) is 58.7 cm³/mol. The van der Waals surface area contributed by atoms with Crippen LogP contribution < -0.4 is 4.74 Å². The Morgan fingerprint density at radius 1 is 1.12 bits per heavy atom. The largest absolute Gasteiger partial charge is 0.479 e. The Morgan fingerprint density at radius 2 is 1.81 bits per heavy atom. The minimum absolute atomic E-state index is 0.0219. The van der Waals surface area contributed by atoms with E-state index in [-0.39, 0.29) is 11.6 Å². The SMILES string of the molecule is COc1nc(-c2ccccc2)nc(C)c1F. The van der Waals surface area contributed by atoms with Gasteiger partial charge in [0.15, 0.2) is 5.82 Å². The standard InChI is InChI=1S/C12H11FN2O/c1-8-10(13)12(16-2)15-11(14-8)9-6-4-3-5-7-9/h3-7H,1-2H3. The van der Waals surface area contributed by atoms with Crippen LogP contribution in [0.3, 0.4) is 0 Å². The van der Waals surface area contributed by atoms with Gasteiger partial charge in [-0.25, -0.2) is 4.98 Å². The molecule has 0 amide bonds. The lowest BCUT2D eigenvalue weighted by Crippen LogP contribution is -2.00. The summed E-state index contributed by atoms with van der Waals surface area (Å²) in [6.45, 7) is 1.59. The summed E-state index contributed by atoms with van der Waals surface area (Å²) in [5.41, 5.74) is 1.12. The molecule has 0 radical (unpaired) electrons. The average molecular weight is 218 g/mol. The van der Waals surface area contributed by atoms with Crippen molar-refractivity contribution in [3.05, 3.63) is 41.8 Å². The Kier molecular flexibility index (Phi) is 2.81. The van der Waals surface area contributed by atoms with Crippen LogP contribution in [0.5, 0.6) is 5.88 Å². The number of ether oxygens (including phenoxy) is 1. The first-order chi connectivity index (χ1) is 7.72. The maximum absolute atomic E-state index is 13.4. The van der Waals surface area contributed by atoms with E-state index in [1.54, 1.807) is 6.92 Å². The molecule has 0 saturated carbocycles. The molecule has 16 heavy (non-hydrogen) atoms. The van der Waals surface area contributed by atoms with E-state index in [0.717, 1.165) is 5.56 Å². The molecule has 82 valence electrons. The monoisotopic (exact) mass is 218 g/mol. The molecule has 3 nitrogen and oxygen atoms in total. The zero-order chi connectivity index (χ0) is 11.5. The Hall–Kier alpha value is -1.97. The van der Waals surface area contributed by atoms with Crippen molar-refractivity contribution in [1.82, 2.24) is 9.97 Å². The van der Waals surface area contributed by atoms with Gasteiger partial charge in [-0.15, -0.1) is 0 Å². The van der Waals surface area contributed by atoms with Crippen molar-refractivity contribution in [3.8, 4) is 17.3 Å². The van der Waals surface area contributed by atoms with Gasteiger partial charge in [0.2, 0.25) is 5.82 Å². The third-order valence-electron chi connectivity index (χ3n) is 2.21. The molecule has 0 saturated heterocycles. The molecule has 0 bridgehead atoms. The summed E-state index contributed by atoms with van der Waals surface area (Å²) in [7, 11) is 1.39. The fourth-order valence-electron chi connectivity index (χ4n) is 1.38. The molecule has 2 aromatic rings. The number of aromatic nitrogens is 2. The van der Waals surface area contributed by atoms with Gasteiger partial charge in [0, 0.05) is 5.56 Å². The van der Waals surface area contributed by atoms with E-state index in [1.807, 2.05) is 30.3 Å². The van der Waals surface area contributed by atoms with Crippen LogP contribution in [0, 0.1) is 12.7 Å². The molecule has 2 rings (SSSR count). The number of aryl methyl sites for hydroxylation is 1. The fraction of sp³-hybridized carbons (Fsp3) is 0.167. The molecule has 0 unspecified atom stereocenters. The number of hydrogen-bond donors (Lipinski definition) is 0. The number of rotatable bonds is 2. The van der Waals surface area contributed by atoms with E-state index in [0.29, 0.717) is 5.82 Å². The van der Waals surface area contributed by atoms with E-state index in [1.165, 1.54) is 7.11 Å². The molecule has 1 heterocycles. The van der Waals surface area contributed by atoms with Crippen LogP contribution in [-0.2, 0) is 0 Å². The van der Waals surface area contributed by atoms with Crippen molar-refractivity contribution >= 4 is 0 Å².